The van der Waals surface area contributed by atoms with Crippen LogP contribution in [0.4, 0.5) is 0 Å². The van der Waals surface area contributed by atoms with E-state index in [1.54, 1.807) is 5.57 Å². The first kappa shape index (κ1) is 20.8. The second-order valence-electron chi connectivity index (χ2n) is 11.5. The van der Waals surface area contributed by atoms with Crippen LogP contribution in [0.15, 0.2) is 11.6 Å². The number of allylic oxidation sites excluding steroid dienone is 1. The highest BCUT2D eigenvalue weighted by molar-refractivity contribution is 5.51. The fraction of sp³-hybridized carbons (Fsp3) is 0.885. The number of carbonyl (C=O) groups is 1. The molecule has 5 heteroatoms. The Morgan fingerprint density at radius 2 is 1.68 bits per heavy atom. The molecular formula is C26H38O5. The molecule has 0 N–H and O–H groups in total. The van der Waals surface area contributed by atoms with Crippen LogP contribution in [0.3, 0.4) is 0 Å². The topological polar surface area (TPSA) is 54.0 Å². The van der Waals surface area contributed by atoms with Crippen LogP contribution in [0.25, 0.3) is 0 Å². The lowest BCUT2D eigenvalue weighted by Gasteiger charge is -2.60. The molecule has 0 aromatic carbocycles. The highest BCUT2D eigenvalue weighted by atomic mass is 16.7. The molecule has 31 heavy (non-hydrogen) atoms. The minimum atomic E-state index is -0.515. The van der Waals surface area contributed by atoms with Crippen molar-refractivity contribution < 1.29 is 23.7 Å². The van der Waals surface area contributed by atoms with Crippen molar-refractivity contribution >= 4 is 6.29 Å². The monoisotopic (exact) mass is 430 g/mol. The molecule has 6 aliphatic rings. The molecule has 3 saturated carbocycles. The maximum absolute atomic E-state index is 11.9. The van der Waals surface area contributed by atoms with E-state index in [1.165, 1.54) is 19.1 Å². The standard InChI is InChI=1S/C26H38O5/c1-23-9-10-26(30-15-16-31-26)17-18(23)3-4-19-20(23)7-8-25(11-12-27)21(19)5-6-22(25)24(2)28-13-14-29-24/h3,12,19-22H,4-11,13-17H2,1-2H3/t19-,20+,21+,22-,23+,25-/m1/s1. The van der Waals surface area contributed by atoms with E-state index in [1.807, 2.05) is 0 Å². The fourth-order valence-corrected chi connectivity index (χ4v) is 9.23. The van der Waals surface area contributed by atoms with E-state index in [0.717, 1.165) is 51.7 Å². The zero-order valence-electron chi connectivity index (χ0n) is 19.2. The Balaban J connectivity index is 1.32. The van der Waals surface area contributed by atoms with Gasteiger partial charge in [-0.3, -0.25) is 0 Å². The summed E-state index contributed by atoms with van der Waals surface area (Å²) in [4.78, 5) is 11.9. The van der Waals surface area contributed by atoms with E-state index < -0.39 is 5.79 Å². The molecule has 0 aromatic rings. The van der Waals surface area contributed by atoms with Crippen LogP contribution in [0.1, 0.15) is 71.6 Å². The Morgan fingerprint density at radius 3 is 2.42 bits per heavy atom. The van der Waals surface area contributed by atoms with E-state index >= 15 is 0 Å². The van der Waals surface area contributed by atoms with Gasteiger partial charge in [0.2, 0.25) is 0 Å². The molecule has 0 radical (unpaired) electrons. The third-order valence-electron chi connectivity index (χ3n) is 10.6. The van der Waals surface area contributed by atoms with Gasteiger partial charge in [-0.2, -0.15) is 0 Å². The molecule has 2 saturated heterocycles. The van der Waals surface area contributed by atoms with Crippen LogP contribution < -0.4 is 0 Å². The molecule has 1 spiro atoms. The molecule has 0 amide bonds. The van der Waals surface area contributed by atoms with E-state index in [2.05, 4.69) is 19.9 Å². The van der Waals surface area contributed by atoms with Crippen molar-refractivity contribution in [3.63, 3.8) is 0 Å². The third-order valence-corrected chi connectivity index (χ3v) is 10.6. The van der Waals surface area contributed by atoms with Crippen LogP contribution in [0.5, 0.6) is 0 Å². The Hall–Kier alpha value is -0.750. The van der Waals surface area contributed by atoms with Gasteiger partial charge in [-0.1, -0.05) is 18.6 Å². The van der Waals surface area contributed by atoms with Gasteiger partial charge in [-0.25, -0.2) is 0 Å². The SMILES string of the molecule is CC1([C@H]2CC[C@H]3[C@@H]4CC=C5CC6(CC[C@]5(C)[C@H]4CC[C@]23CC=O)OCCO6)OCCO1. The van der Waals surface area contributed by atoms with Crippen molar-refractivity contribution in [2.45, 2.75) is 83.2 Å². The summed E-state index contributed by atoms with van der Waals surface area (Å²) in [7, 11) is 0. The lowest BCUT2D eigenvalue weighted by atomic mass is 9.46. The average Bonchev–Trinajstić information content (AvgIpc) is 3.48. The summed E-state index contributed by atoms with van der Waals surface area (Å²) >= 11 is 0. The smallest absolute Gasteiger partial charge is 0.172 e. The van der Waals surface area contributed by atoms with Gasteiger partial charge in [0.25, 0.3) is 0 Å². The Morgan fingerprint density at radius 1 is 0.935 bits per heavy atom. The maximum Gasteiger partial charge on any atom is 0.172 e. The lowest BCUT2D eigenvalue weighted by Crippen LogP contribution is -2.55. The highest BCUT2D eigenvalue weighted by Gasteiger charge is 2.65. The quantitative estimate of drug-likeness (QED) is 0.482. The van der Waals surface area contributed by atoms with Gasteiger partial charge in [0, 0.05) is 25.2 Å². The molecule has 2 aliphatic heterocycles. The van der Waals surface area contributed by atoms with Crippen molar-refractivity contribution in [2.24, 2.45) is 34.5 Å². The van der Waals surface area contributed by atoms with Crippen molar-refractivity contribution in [3.05, 3.63) is 11.6 Å². The van der Waals surface area contributed by atoms with Crippen molar-refractivity contribution in [2.75, 3.05) is 26.4 Å². The minimum Gasteiger partial charge on any atom is -0.348 e. The second kappa shape index (κ2) is 7.12. The number of hydrogen-bond acceptors (Lipinski definition) is 5. The molecule has 5 fully saturated rings. The Labute approximate surface area is 186 Å². The number of carbonyl (C=O) groups excluding carboxylic acids is 1. The van der Waals surface area contributed by atoms with Crippen molar-refractivity contribution in [1.82, 2.24) is 0 Å². The summed E-state index contributed by atoms with van der Waals surface area (Å²) in [6.45, 7) is 7.47. The molecule has 4 aliphatic carbocycles. The summed E-state index contributed by atoms with van der Waals surface area (Å²) in [6, 6.07) is 0. The van der Waals surface area contributed by atoms with Crippen LogP contribution >= 0.6 is 0 Å². The number of fused-ring (bicyclic) bond motifs is 5. The summed E-state index contributed by atoms with van der Waals surface area (Å²) in [5.74, 6) is 1.42. The van der Waals surface area contributed by atoms with E-state index in [9.17, 15) is 4.79 Å². The average molecular weight is 431 g/mol. The predicted molar refractivity (Wildman–Crippen MR) is 115 cm³/mol. The largest absolute Gasteiger partial charge is 0.348 e. The first-order chi connectivity index (χ1) is 14.9. The fourth-order valence-electron chi connectivity index (χ4n) is 9.23. The van der Waals surface area contributed by atoms with Gasteiger partial charge in [0.1, 0.15) is 6.29 Å². The number of hydrogen-bond donors (Lipinski definition) is 0. The van der Waals surface area contributed by atoms with E-state index in [4.69, 9.17) is 18.9 Å². The second-order valence-corrected chi connectivity index (χ2v) is 11.5. The highest BCUT2D eigenvalue weighted by Crippen LogP contribution is 2.69. The third kappa shape index (κ3) is 2.85. The molecule has 0 aromatic heterocycles. The predicted octanol–water partition coefficient (Wildman–Crippen LogP) is 4.64. The first-order valence-corrected chi connectivity index (χ1v) is 12.6. The molecular weight excluding hydrogens is 392 g/mol. The van der Waals surface area contributed by atoms with Gasteiger partial charge in [-0.05, 0) is 74.0 Å². The molecule has 5 nitrogen and oxygen atoms in total. The number of aldehydes is 1. The zero-order valence-corrected chi connectivity index (χ0v) is 19.2. The normalized spacial score (nSPS) is 47.5. The summed E-state index contributed by atoms with van der Waals surface area (Å²) in [6.07, 6.45) is 13.3. The maximum atomic E-state index is 11.9. The zero-order chi connectivity index (χ0) is 21.3. The van der Waals surface area contributed by atoms with Crippen molar-refractivity contribution in [1.29, 1.82) is 0 Å². The van der Waals surface area contributed by atoms with Gasteiger partial charge < -0.3 is 23.7 Å². The summed E-state index contributed by atoms with van der Waals surface area (Å²) < 4.78 is 24.5. The summed E-state index contributed by atoms with van der Waals surface area (Å²) in [5, 5.41) is 0. The van der Waals surface area contributed by atoms with Crippen LogP contribution in [-0.4, -0.2) is 44.3 Å². The number of ether oxygens (including phenoxy) is 4. The lowest BCUT2D eigenvalue weighted by molar-refractivity contribution is -0.220. The van der Waals surface area contributed by atoms with Gasteiger partial charge in [0.05, 0.1) is 26.4 Å². The van der Waals surface area contributed by atoms with Gasteiger partial charge in [-0.15, -0.1) is 0 Å². The number of rotatable bonds is 3. The molecule has 0 bridgehead atoms. The van der Waals surface area contributed by atoms with Gasteiger partial charge >= 0.3 is 0 Å². The van der Waals surface area contributed by atoms with Crippen LogP contribution in [0.2, 0.25) is 0 Å². The summed E-state index contributed by atoms with van der Waals surface area (Å²) in [5.41, 5.74) is 1.87. The molecule has 172 valence electrons. The molecule has 2 heterocycles. The Bertz CT molecular complexity index is 764. The molecule has 6 rings (SSSR count). The Kier molecular flexibility index (Phi) is 4.79. The van der Waals surface area contributed by atoms with Crippen molar-refractivity contribution in [3.8, 4) is 0 Å². The first-order valence-electron chi connectivity index (χ1n) is 12.6. The van der Waals surface area contributed by atoms with E-state index in [-0.39, 0.29) is 16.6 Å². The molecule has 6 atom stereocenters. The van der Waals surface area contributed by atoms with E-state index in [0.29, 0.717) is 43.3 Å². The molecule has 0 unspecified atom stereocenters. The van der Waals surface area contributed by atoms with Gasteiger partial charge in [0.15, 0.2) is 11.6 Å². The minimum absolute atomic E-state index is 0.0390. The van der Waals surface area contributed by atoms with Crippen LogP contribution in [-0.2, 0) is 23.7 Å². The van der Waals surface area contributed by atoms with Crippen LogP contribution in [0, 0.1) is 34.5 Å².